The summed E-state index contributed by atoms with van der Waals surface area (Å²) < 4.78 is 0. The molecule has 0 fully saturated rings. The molecular weight excluding hydrogens is 387 g/mol. The van der Waals surface area contributed by atoms with Crippen molar-refractivity contribution in [2.45, 2.75) is 13.3 Å². The summed E-state index contributed by atoms with van der Waals surface area (Å²) in [6.07, 6.45) is 0.432. The van der Waals surface area contributed by atoms with Crippen LogP contribution in [0.2, 0.25) is 0 Å². The normalized spacial score (nSPS) is 13.9. The maximum absolute atomic E-state index is 9.58. The van der Waals surface area contributed by atoms with Gasteiger partial charge in [-0.15, -0.1) is 0 Å². The number of hydrogen-bond donors (Lipinski definition) is 0. The Balaban J connectivity index is 0. The summed E-state index contributed by atoms with van der Waals surface area (Å²) in [4.78, 5) is 9.58. The third kappa shape index (κ3) is 71.6. The average Bonchev–Trinajstić information content (AvgIpc) is 1.59. The molecule has 0 aliphatic carbocycles. The van der Waals surface area contributed by atoms with Crippen LogP contribution < -0.4 is 0 Å². The van der Waals surface area contributed by atoms with E-state index in [1.54, 1.807) is 6.92 Å². The van der Waals surface area contributed by atoms with Crippen molar-refractivity contribution in [1.29, 1.82) is 0 Å². The van der Waals surface area contributed by atoms with E-state index in [9.17, 15) is 4.79 Å². The molecule has 0 N–H and O–H groups in total. The van der Waals surface area contributed by atoms with Crippen molar-refractivity contribution in [3.05, 3.63) is 0 Å². The van der Waals surface area contributed by atoms with Crippen LogP contribution in [0.25, 0.3) is 0 Å². The molecule has 1 nitrogen and oxygen atoms in total. The Kier molecular flexibility index (Phi) is 8.35. The molecule has 0 unspecified atom stereocenters. The first-order valence-electron chi connectivity index (χ1n) is 2.30. The molecule has 0 aliphatic heterocycles. The molecule has 0 spiro atoms. The van der Waals surface area contributed by atoms with Gasteiger partial charge in [0, 0.05) is 6.42 Å². The van der Waals surface area contributed by atoms with E-state index in [0.717, 1.165) is 0 Å². The van der Waals surface area contributed by atoms with Gasteiger partial charge in [0.2, 0.25) is 5.24 Å². The molecule has 0 saturated heterocycles. The molecule has 11 heavy (non-hydrogen) atoms. The summed E-state index contributed by atoms with van der Waals surface area (Å²) >= 11 is 0.494. The minimum absolute atomic E-state index is 0.273. The van der Waals surface area contributed by atoms with E-state index in [1.807, 2.05) is 0 Å². The van der Waals surface area contributed by atoms with Gasteiger partial charge in [-0.25, -0.2) is 0 Å². The Labute approximate surface area is 89.6 Å². The molecule has 0 aromatic carbocycles. The Hall–Kier alpha value is 2.23. The van der Waals surface area contributed by atoms with Gasteiger partial charge in [-0.3, -0.25) is 4.79 Å². The molecule has 0 bridgehead atoms. The van der Waals surface area contributed by atoms with Crippen molar-refractivity contribution in [2.75, 3.05) is 0 Å². The summed E-state index contributed by atoms with van der Waals surface area (Å²) in [5.74, 6) is 0. The number of carbonyl (C=O) groups is 1. The SMILES string of the molecule is CCC(=O)Cl.[Cl][Sb]([Cl])([Cl])([Cl])[Cl]. The van der Waals surface area contributed by atoms with Gasteiger partial charge in [0.25, 0.3) is 0 Å². The second-order valence-corrected chi connectivity index (χ2v) is 39.7. The summed E-state index contributed by atoms with van der Waals surface area (Å²) in [7, 11) is 25.2. The number of halogens is 6. The first-order chi connectivity index (χ1) is 4.51. The van der Waals surface area contributed by atoms with Crippen LogP contribution in [-0.4, -0.2) is 16.9 Å². The molecule has 0 aromatic heterocycles. The van der Waals surface area contributed by atoms with Crippen LogP contribution in [0.4, 0.5) is 0 Å². The zero-order valence-corrected chi connectivity index (χ0v) is 12.4. The average molecular weight is 392 g/mol. The zero-order chi connectivity index (χ0) is 9.73. The Morgan fingerprint density at radius 3 is 1.27 bits per heavy atom. The van der Waals surface area contributed by atoms with Crippen LogP contribution in [0.5, 0.6) is 0 Å². The maximum atomic E-state index is 9.58. The van der Waals surface area contributed by atoms with E-state index in [4.69, 9.17) is 55.7 Å². The third-order valence-corrected chi connectivity index (χ3v) is 0.545. The van der Waals surface area contributed by atoms with Crippen LogP contribution in [0.1, 0.15) is 13.3 Å². The van der Waals surface area contributed by atoms with Crippen LogP contribution >= 0.6 is 55.7 Å². The molecule has 0 atom stereocenters. The first-order valence-corrected chi connectivity index (χ1v) is 18.8. The third-order valence-electron chi connectivity index (χ3n) is 0.278. The standard InChI is InChI=1S/C3H5ClO.5ClH.Sb/c1-2-3(4)5;;;;;;/h2H2,1H3;5*1H;/q;;;;;;+5/p-5. The number of rotatable bonds is 1. The summed E-state index contributed by atoms with van der Waals surface area (Å²) in [6.45, 7) is 1.72. The van der Waals surface area contributed by atoms with E-state index in [1.165, 1.54) is 0 Å². The Morgan fingerprint density at radius 1 is 1.18 bits per heavy atom. The van der Waals surface area contributed by atoms with E-state index < -0.39 is 11.7 Å². The molecule has 70 valence electrons. The fraction of sp³-hybridized carbons (Fsp3) is 0.667. The quantitative estimate of drug-likeness (QED) is 0.483. The molecule has 0 aromatic rings. The van der Waals surface area contributed by atoms with Gasteiger partial charge in [0.05, 0.1) is 0 Å². The van der Waals surface area contributed by atoms with Gasteiger partial charge < -0.3 is 0 Å². The second-order valence-electron chi connectivity index (χ2n) is 1.35. The summed E-state index contributed by atoms with van der Waals surface area (Å²) in [5, 5.41) is -0.273. The molecular formula is C3H5Cl6OSb. The molecule has 0 heterocycles. The van der Waals surface area contributed by atoms with E-state index in [2.05, 4.69) is 0 Å². The van der Waals surface area contributed by atoms with Crippen molar-refractivity contribution >= 4 is 72.7 Å². The molecule has 0 amide bonds. The molecule has 0 rings (SSSR count). The fourth-order valence-corrected chi connectivity index (χ4v) is 0. The minimum atomic E-state index is -4.33. The van der Waals surface area contributed by atoms with Crippen LogP contribution in [0.15, 0.2) is 0 Å². The summed E-state index contributed by atoms with van der Waals surface area (Å²) in [6, 6.07) is 0. The van der Waals surface area contributed by atoms with Crippen molar-refractivity contribution in [1.82, 2.24) is 0 Å². The van der Waals surface area contributed by atoms with Crippen molar-refractivity contribution < 1.29 is 4.79 Å². The van der Waals surface area contributed by atoms with Crippen molar-refractivity contribution in [3.8, 4) is 0 Å². The first kappa shape index (κ1) is 15.7. The topological polar surface area (TPSA) is 17.1 Å². The number of carbonyl (C=O) groups excluding carboxylic acids is 1. The van der Waals surface area contributed by atoms with E-state index in [-0.39, 0.29) is 5.24 Å². The van der Waals surface area contributed by atoms with E-state index >= 15 is 0 Å². The van der Waals surface area contributed by atoms with Gasteiger partial charge in [-0.1, -0.05) is 6.92 Å². The predicted octanol–water partition coefficient (Wildman–Crippen LogP) is 4.23. The second kappa shape index (κ2) is 5.85. The van der Waals surface area contributed by atoms with Crippen LogP contribution in [0, 0.1) is 0 Å². The zero-order valence-electron chi connectivity index (χ0n) is 5.33. The van der Waals surface area contributed by atoms with Gasteiger partial charge in [-0.2, -0.15) is 0 Å². The molecule has 8 heteroatoms. The summed E-state index contributed by atoms with van der Waals surface area (Å²) in [5.41, 5.74) is 0. The van der Waals surface area contributed by atoms with E-state index in [0.29, 0.717) is 6.42 Å². The molecule has 0 radical (unpaired) electrons. The Morgan fingerprint density at radius 2 is 1.27 bits per heavy atom. The predicted molar refractivity (Wildman–Crippen MR) is 56.2 cm³/mol. The number of hydrogen-bond acceptors (Lipinski definition) is 1. The van der Waals surface area contributed by atoms with Gasteiger partial charge >= 0.3 is 55.8 Å². The van der Waals surface area contributed by atoms with Gasteiger partial charge in [0.15, 0.2) is 0 Å². The molecule has 0 aliphatic rings. The van der Waals surface area contributed by atoms with Crippen LogP contribution in [0.3, 0.4) is 0 Å². The van der Waals surface area contributed by atoms with Gasteiger partial charge in [0.1, 0.15) is 0 Å². The fourth-order valence-electron chi connectivity index (χ4n) is 0. The van der Waals surface area contributed by atoms with Gasteiger partial charge in [-0.05, 0) is 11.6 Å². The monoisotopic (exact) mass is 388 g/mol. The van der Waals surface area contributed by atoms with Crippen molar-refractivity contribution in [2.24, 2.45) is 0 Å². The van der Waals surface area contributed by atoms with Crippen molar-refractivity contribution in [3.63, 3.8) is 0 Å². The van der Waals surface area contributed by atoms with Crippen LogP contribution in [-0.2, 0) is 4.79 Å². The molecule has 0 saturated carbocycles. The Bertz CT molecular complexity index is 120.